The van der Waals surface area contributed by atoms with Crippen LogP contribution in [0.4, 0.5) is 0 Å². The Morgan fingerprint density at radius 3 is 2.90 bits per heavy atom. The van der Waals surface area contributed by atoms with Gasteiger partial charge in [-0.2, -0.15) is 0 Å². The molecule has 1 saturated carbocycles. The summed E-state index contributed by atoms with van der Waals surface area (Å²) in [6.45, 7) is 7.96. The number of benzene rings is 1. The van der Waals surface area contributed by atoms with Gasteiger partial charge in [-0.1, -0.05) is 26.0 Å². The summed E-state index contributed by atoms with van der Waals surface area (Å²) in [4.78, 5) is 0. The molecule has 106 valence electrons. The van der Waals surface area contributed by atoms with Gasteiger partial charge in [0.05, 0.1) is 5.69 Å². The van der Waals surface area contributed by atoms with E-state index >= 15 is 0 Å². The zero-order chi connectivity index (χ0) is 14.2. The summed E-state index contributed by atoms with van der Waals surface area (Å²) in [5.41, 5.74) is 2.78. The van der Waals surface area contributed by atoms with Crippen LogP contribution in [0.15, 0.2) is 30.6 Å². The van der Waals surface area contributed by atoms with Crippen LogP contribution in [-0.2, 0) is 0 Å². The van der Waals surface area contributed by atoms with Gasteiger partial charge in [-0.25, -0.2) is 4.68 Å². The third-order valence-corrected chi connectivity index (χ3v) is 4.37. The molecule has 1 heterocycles. The van der Waals surface area contributed by atoms with Crippen molar-refractivity contribution in [2.75, 3.05) is 6.54 Å². The molecule has 1 N–H and O–H groups in total. The van der Waals surface area contributed by atoms with E-state index in [1.807, 2.05) is 12.1 Å². The third kappa shape index (κ3) is 2.72. The molecule has 2 atom stereocenters. The standard InChI is InChI=1S/C15H21N5/c1-11(16-9-13-8-15(13,2)3)12-5-4-6-14(7-12)20-10-17-18-19-20/h4-7,10-11,13,16H,8-9H2,1-3H3. The van der Waals surface area contributed by atoms with E-state index in [0.29, 0.717) is 11.5 Å². The number of nitrogens with zero attached hydrogens (tertiary/aromatic N) is 4. The van der Waals surface area contributed by atoms with Crippen LogP contribution >= 0.6 is 0 Å². The van der Waals surface area contributed by atoms with Crippen LogP contribution in [0.1, 0.15) is 38.8 Å². The molecule has 1 fully saturated rings. The normalized spacial score (nSPS) is 21.6. The monoisotopic (exact) mass is 271 g/mol. The summed E-state index contributed by atoms with van der Waals surface area (Å²) in [6.07, 6.45) is 2.95. The lowest BCUT2D eigenvalue weighted by Gasteiger charge is -2.15. The number of rotatable bonds is 5. The lowest BCUT2D eigenvalue weighted by molar-refractivity contribution is 0.485. The van der Waals surface area contributed by atoms with Crippen molar-refractivity contribution in [2.24, 2.45) is 11.3 Å². The average molecular weight is 271 g/mol. The van der Waals surface area contributed by atoms with Gasteiger partial charge in [0.2, 0.25) is 0 Å². The highest BCUT2D eigenvalue weighted by Gasteiger charge is 2.44. The summed E-state index contributed by atoms with van der Waals surface area (Å²) in [6, 6.07) is 8.67. The highest BCUT2D eigenvalue weighted by atomic mass is 15.5. The van der Waals surface area contributed by atoms with Gasteiger partial charge in [-0.3, -0.25) is 0 Å². The number of hydrogen-bond donors (Lipinski definition) is 1. The van der Waals surface area contributed by atoms with Gasteiger partial charge in [0.25, 0.3) is 0 Å². The molecule has 2 unspecified atom stereocenters. The Hall–Kier alpha value is -1.75. The minimum atomic E-state index is 0.336. The zero-order valence-electron chi connectivity index (χ0n) is 12.2. The van der Waals surface area contributed by atoms with Gasteiger partial charge in [-0.05, 0) is 59.3 Å². The number of nitrogens with one attached hydrogen (secondary N) is 1. The fraction of sp³-hybridized carbons (Fsp3) is 0.533. The first-order chi connectivity index (χ1) is 9.56. The van der Waals surface area contributed by atoms with E-state index < -0.39 is 0 Å². The summed E-state index contributed by atoms with van der Waals surface area (Å²) in [5, 5.41) is 14.9. The molecule has 1 aliphatic rings. The largest absolute Gasteiger partial charge is 0.310 e. The van der Waals surface area contributed by atoms with Crippen molar-refractivity contribution in [2.45, 2.75) is 33.2 Å². The van der Waals surface area contributed by atoms with Crippen molar-refractivity contribution >= 4 is 0 Å². The first-order valence-corrected chi connectivity index (χ1v) is 7.13. The lowest BCUT2D eigenvalue weighted by atomic mass is 10.1. The van der Waals surface area contributed by atoms with E-state index in [1.165, 1.54) is 12.0 Å². The smallest absolute Gasteiger partial charge is 0.143 e. The summed E-state index contributed by atoms with van der Waals surface area (Å²) in [7, 11) is 0. The quantitative estimate of drug-likeness (QED) is 0.907. The summed E-state index contributed by atoms with van der Waals surface area (Å²) >= 11 is 0. The van der Waals surface area contributed by atoms with Gasteiger partial charge in [0, 0.05) is 6.04 Å². The van der Waals surface area contributed by atoms with E-state index in [4.69, 9.17) is 0 Å². The van der Waals surface area contributed by atoms with Crippen molar-refractivity contribution in [1.29, 1.82) is 0 Å². The maximum Gasteiger partial charge on any atom is 0.143 e. The molecule has 20 heavy (non-hydrogen) atoms. The predicted octanol–water partition coefficient (Wildman–Crippen LogP) is 2.36. The molecule has 5 heteroatoms. The van der Waals surface area contributed by atoms with Gasteiger partial charge < -0.3 is 5.32 Å². The molecule has 0 radical (unpaired) electrons. The highest BCUT2D eigenvalue weighted by Crippen LogP contribution is 2.51. The minimum absolute atomic E-state index is 0.336. The molecular formula is C15H21N5. The van der Waals surface area contributed by atoms with Crippen LogP contribution in [-0.4, -0.2) is 26.8 Å². The molecular weight excluding hydrogens is 250 g/mol. The number of aromatic nitrogens is 4. The maximum absolute atomic E-state index is 3.93. The second kappa shape index (κ2) is 4.98. The van der Waals surface area contributed by atoms with Gasteiger partial charge in [-0.15, -0.1) is 5.10 Å². The average Bonchev–Trinajstić information content (AvgIpc) is 2.84. The Bertz CT molecular complexity index is 576. The summed E-state index contributed by atoms with van der Waals surface area (Å²) in [5.74, 6) is 0.813. The fourth-order valence-electron chi connectivity index (χ4n) is 2.58. The molecule has 1 aliphatic carbocycles. The fourth-order valence-corrected chi connectivity index (χ4v) is 2.58. The maximum atomic E-state index is 3.93. The highest BCUT2D eigenvalue weighted by molar-refractivity contribution is 5.35. The first kappa shape index (κ1) is 13.2. The van der Waals surface area contributed by atoms with Crippen LogP contribution in [0.2, 0.25) is 0 Å². The molecule has 3 rings (SSSR count). The van der Waals surface area contributed by atoms with E-state index in [-0.39, 0.29) is 0 Å². The molecule has 0 spiro atoms. The van der Waals surface area contributed by atoms with E-state index in [0.717, 1.165) is 18.2 Å². The Kier molecular flexibility index (Phi) is 3.30. The number of tetrazole rings is 1. The van der Waals surface area contributed by atoms with Gasteiger partial charge >= 0.3 is 0 Å². The van der Waals surface area contributed by atoms with Gasteiger partial charge in [0.15, 0.2) is 0 Å². The Morgan fingerprint density at radius 1 is 1.45 bits per heavy atom. The Balaban J connectivity index is 1.66. The van der Waals surface area contributed by atoms with Crippen molar-refractivity contribution in [3.05, 3.63) is 36.2 Å². The molecule has 0 bridgehead atoms. The van der Waals surface area contributed by atoms with Gasteiger partial charge in [0.1, 0.15) is 6.33 Å². The molecule has 5 nitrogen and oxygen atoms in total. The van der Waals surface area contributed by atoms with E-state index in [9.17, 15) is 0 Å². The minimum Gasteiger partial charge on any atom is -0.310 e. The molecule has 2 aromatic rings. The van der Waals surface area contributed by atoms with Crippen LogP contribution < -0.4 is 5.32 Å². The van der Waals surface area contributed by atoms with Crippen LogP contribution in [0.5, 0.6) is 0 Å². The Labute approximate surface area is 119 Å². The summed E-state index contributed by atoms with van der Waals surface area (Å²) < 4.78 is 1.68. The second-order valence-corrected chi connectivity index (χ2v) is 6.37. The molecule has 1 aromatic carbocycles. The van der Waals surface area contributed by atoms with Crippen LogP contribution in [0.3, 0.4) is 0 Å². The SMILES string of the molecule is CC(NCC1CC1(C)C)c1cccc(-n2cnnn2)c1. The van der Waals surface area contributed by atoms with Crippen molar-refractivity contribution in [3.8, 4) is 5.69 Å². The van der Waals surface area contributed by atoms with E-state index in [1.54, 1.807) is 11.0 Å². The molecule has 0 saturated heterocycles. The van der Waals surface area contributed by atoms with Crippen molar-refractivity contribution < 1.29 is 0 Å². The second-order valence-electron chi connectivity index (χ2n) is 6.37. The molecule has 0 amide bonds. The molecule has 1 aromatic heterocycles. The predicted molar refractivity (Wildman–Crippen MR) is 77.5 cm³/mol. The molecule has 0 aliphatic heterocycles. The van der Waals surface area contributed by atoms with Crippen LogP contribution in [0.25, 0.3) is 5.69 Å². The van der Waals surface area contributed by atoms with Crippen molar-refractivity contribution in [1.82, 2.24) is 25.5 Å². The topological polar surface area (TPSA) is 55.6 Å². The van der Waals surface area contributed by atoms with Crippen molar-refractivity contribution in [3.63, 3.8) is 0 Å². The first-order valence-electron chi connectivity index (χ1n) is 7.13. The van der Waals surface area contributed by atoms with Crippen LogP contribution in [0, 0.1) is 11.3 Å². The third-order valence-electron chi connectivity index (χ3n) is 4.37. The lowest BCUT2D eigenvalue weighted by Crippen LogP contribution is -2.22. The zero-order valence-corrected chi connectivity index (χ0v) is 12.2. The number of hydrogen-bond acceptors (Lipinski definition) is 4. The Morgan fingerprint density at radius 2 is 2.25 bits per heavy atom. The van der Waals surface area contributed by atoms with E-state index in [2.05, 4.69) is 53.7 Å².